The van der Waals surface area contributed by atoms with Crippen LogP contribution >= 0.6 is 0 Å². The second kappa shape index (κ2) is 8.02. The molecule has 0 radical (unpaired) electrons. The number of allylic oxidation sites excluding steroid dienone is 1. The first-order valence-corrected chi connectivity index (χ1v) is 4.80. The molecule has 0 rings (SSSR count). The van der Waals surface area contributed by atoms with E-state index in [0.717, 1.165) is 12.2 Å². The summed E-state index contributed by atoms with van der Waals surface area (Å²) >= 11 is 0. The van der Waals surface area contributed by atoms with Crippen LogP contribution in [0.4, 0.5) is 0 Å². The quantitative estimate of drug-likeness (QED) is 0.505. The average molecular weight is 183 g/mol. The van der Waals surface area contributed by atoms with Crippen molar-refractivity contribution in [3.63, 3.8) is 0 Å². The Morgan fingerprint density at radius 2 is 2.15 bits per heavy atom. The van der Waals surface area contributed by atoms with Crippen molar-refractivity contribution >= 4 is 0 Å². The number of hydrogen-bond acceptors (Lipinski definition) is 2. The van der Waals surface area contributed by atoms with Gasteiger partial charge < -0.3 is 10.5 Å². The second-order valence-electron chi connectivity index (χ2n) is 3.40. The van der Waals surface area contributed by atoms with Crippen LogP contribution in [0.5, 0.6) is 0 Å². The van der Waals surface area contributed by atoms with Gasteiger partial charge in [-0.2, -0.15) is 0 Å². The molecule has 2 nitrogen and oxygen atoms in total. The van der Waals surface area contributed by atoms with Crippen LogP contribution in [-0.2, 0) is 4.74 Å². The molecule has 0 amide bonds. The van der Waals surface area contributed by atoms with E-state index in [2.05, 4.69) is 13.8 Å². The molecule has 0 heterocycles. The highest BCUT2D eigenvalue weighted by Gasteiger charge is 1.90. The molecule has 0 aliphatic carbocycles. The summed E-state index contributed by atoms with van der Waals surface area (Å²) in [5.41, 5.74) is 6.63. The van der Waals surface area contributed by atoms with Gasteiger partial charge in [-0.05, 0) is 18.4 Å². The molecule has 0 aliphatic rings. The van der Waals surface area contributed by atoms with Crippen molar-refractivity contribution in [2.75, 3.05) is 19.8 Å². The fraction of sp³-hybridized carbons (Fsp3) is 0.636. The predicted octanol–water partition coefficient (Wildman–Crippen LogP) is 2.12. The van der Waals surface area contributed by atoms with Gasteiger partial charge in [0.15, 0.2) is 0 Å². The molecule has 0 aromatic carbocycles. The number of nitrogens with two attached hydrogens (primary N) is 1. The summed E-state index contributed by atoms with van der Waals surface area (Å²) in [6, 6.07) is 0. The van der Waals surface area contributed by atoms with Crippen molar-refractivity contribution in [1.29, 1.82) is 0 Å². The molecule has 0 aliphatic heterocycles. The van der Waals surface area contributed by atoms with Crippen molar-refractivity contribution in [3.8, 4) is 0 Å². The van der Waals surface area contributed by atoms with Crippen molar-refractivity contribution in [2.45, 2.75) is 20.8 Å². The van der Waals surface area contributed by atoms with E-state index in [1.807, 2.05) is 25.2 Å². The molecule has 0 aromatic heterocycles. The molecule has 76 valence electrons. The standard InChI is InChI=1S/C11H21NO/c1-4-11(8-12)6-5-7-13-9-10(2)3/h4-6,10H,7-9,12H2,1-3H3/b6-5-,11-4+. The van der Waals surface area contributed by atoms with Gasteiger partial charge in [0.1, 0.15) is 0 Å². The van der Waals surface area contributed by atoms with Crippen LogP contribution in [-0.4, -0.2) is 19.8 Å². The Morgan fingerprint density at radius 1 is 1.46 bits per heavy atom. The van der Waals surface area contributed by atoms with E-state index in [1.54, 1.807) is 0 Å². The molecule has 0 fully saturated rings. The third kappa shape index (κ3) is 7.75. The zero-order valence-corrected chi connectivity index (χ0v) is 8.92. The zero-order chi connectivity index (χ0) is 10.1. The Bertz CT molecular complexity index is 171. The molecule has 0 bridgehead atoms. The van der Waals surface area contributed by atoms with Gasteiger partial charge in [0.25, 0.3) is 0 Å². The number of hydrogen-bond donors (Lipinski definition) is 1. The highest BCUT2D eigenvalue weighted by molar-refractivity contribution is 5.18. The van der Waals surface area contributed by atoms with Crippen LogP contribution in [0, 0.1) is 5.92 Å². The summed E-state index contributed by atoms with van der Waals surface area (Å²) in [6.07, 6.45) is 6.03. The summed E-state index contributed by atoms with van der Waals surface area (Å²) in [5.74, 6) is 0.601. The lowest BCUT2D eigenvalue weighted by Gasteiger charge is -2.03. The lowest BCUT2D eigenvalue weighted by Crippen LogP contribution is -2.03. The topological polar surface area (TPSA) is 35.2 Å². The molecule has 0 atom stereocenters. The monoisotopic (exact) mass is 183 g/mol. The fourth-order valence-electron chi connectivity index (χ4n) is 0.853. The number of ether oxygens (including phenoxy) is 1. The van der Waals surface area contributed by atoms with Gasteiger partial charge in [0.05, 0.1) is 6.61 Å². The summed E-state index contributed by atoms with van der Waals surface area (Å²) in [7, 11) is 0. The van der Waals surface area contributed by atoms with E-state index in [9.17, 15) is 0 Å². The number of rotatable bonds is 6. The Kier molecular flexibility index (Phi) is 7.65. The summed E-state index contributed by atoms with van der Waals surface area (Å²) in [4.78, 5) is 0. The van der Waals surface area contributed by atoms with Gasteiger partial charge >= 0.3 is 0 Å². The van der Waals surface area contributed by atoms with Crippen LogP contribution in [0.1, 0.15) is 20.8 Å². The minimum atomic E-state index is 0.594. The van der Waals surface area contributed by atoms with Crippen LogP contribution in [0.25, 0.3) is 0 Å². The average Bonchev–Trinajstić information content (AvgIpc) is 2.11. The van der Waals surface area contributed by atoms with E-state index in [1.165, 1.54) is 0 Å². The maximum absolute atomic E-state index is 5.49. The molecule has 0 unspecified atom stereocenters. The van der Waals surface area contributed by atoms with Gasteiger partial charge in [-0.3, -0.25) is 0 Å². The van der Waals surface area contributed by atoms with Crippen LogP contribution in [0.15, 0.2) is 23.8 Å². The van der Waals surface area contributed by atoms with Gasteiger partial charge in [-0.1, -0.05) is 32.1 Å². The first-order valence-electron chi connectivity index (χ1n) is 4.80. The third-order valence-corrected chi connectivity index (χ3v) is 1.60. The Balaban J connectivity index is 3.51. The van der Waals surface area contributed by atoms with E-state index in [0.29, 0.717) is 19.1 Å². The largest absolute Gasteiger partial charge is 0.377 e. The van der Waals surface area contributed by atoms with Crippen LogP contribution in [0.2, 0.25) is 0 Å². The van der Waals surface area contributed by atoms with E-state index in [4.69, 9.17) is 10.5 Å². The molecule has 2 N–H and O–H groups in total. The van der Waals surface area contributed by atoms with Crippen molar-refractivity contribution in [2.24, 2.45) is 11.7 Å². The lowest BCUT2D eigenvalue weighted by molar-refractivity contribution is 0.135. The maximum atomic E-state index is 5.49. The molecule has 2 heteroatoms. The van der Waals surface area contributed by atoms with Crippen molar-refractivity contribution in [1.82, 2.24) is 0 Å². The molecular formula is C11H21NO. The molecule has 0 saturated heterocycles. The SMILES string of the molecule is C/C=C(\C=C/COCC(C)C)CN. The van der Waals surface area contributed by atoms with Gasteiger partial charge in [-0.15, -0.1) is 0 Å². The lowest BCUT2D eigenvalue weighted by atomic mass is 10.2. The summed E-state index contributed by atoms with van der Waals surface area (Å²) in [5, 5.41) is 0. The fourth-order valence-corrected chi connectivity index (χ4v) is 0.853. The predicted molar refractivity (Wildman–Crippen MR) is 57.6 cm³/mol. The zero-order valence-electron chi connectivity index (χ0n) is 8.92. The Morgan fingerprint density at radius 3 is 2.62 bits per heavy atom. The van der Waals surface area contributed by atoms with Crippen molar-refractivity contribution < 1.29 is 4.74 Å². The molecule has 0 saturated carbocycles. The van der Waals surface area contributed by atoms with Crippen molar-refractivity contribution in [3.05, 3.63) is 23.8 Å². The van der Waals surface area contributed by atoms with E-state index >= 15 is 0 Å². The van der Waals surface area contributed by atoms with E-state index in [-0.39, 0.29) is 0 Å². The van der Waals surface area contributed by atoms with Gasteiger partial charge in [-0.25, -0.2) is 0 Å². The molecule has 0 spiro atoms. The first-order chi connectivity index (χ1) is 6.20. The molecule has 0 aromatic rings. The smallest absolute Gasteiger partial charge is 0.0650 e. The summed E-state index contributed by atoms with van der Waals surface area (Å²) in [6.45, 7) is 8.36. The normalized spacial score (nSPS) is 13.2. The van der Waals surface area contributed by atoms with Gasteiger partial charge in [0, 0.05) is 13.2 Å². The Hall–Kier alpha value is -0.600. The maximum Gasteiger partial charge on any atom is 0.0650 e. The van der Waals surface area contributed by atoms with E-state index < -0.39 is 0 Å². The highest BCUT2D eigenvalue weighted by atomic mass is 16.5. The second-order valence-corrected chi connectivity index (χ2v) is 3.40. The van der Waals surface area contributed by atoms with Crippen LogP contribution in [0.3, 0.4) is 0 Å². The minimum Gasteiger partial charge on any atom is -0.377 e. The highest BCUT2D eigenvalue weighted by Crippen LogP contribution is 1.95. The minimum absolute atomic E-state index is 0.594. The third-order valence-electron chi connectivity index (χ3n) is 1.60. The molecular weight excluding hydrogens is 162 g/mol. The van der Waals surface area contributed by atoms with Gasteiger partial charge in [0.2, 0.25) is 0 Å². The van der Waals surface area contributed by atoms with Crippen LogP contribution < -0.4 is 5.73 Å². The molecule has 13 heavy (non-hydrogen) atoms. The summed E-state index contributed by atoms with van der Waals surface area (Å²) < 4.78 is 5.38. The Labute approximate surface area is 81.5 Å². The first kappa shape index (κ1) is 12.4.